The quantitative estimate of drug-likeness (QED) is 0.864. The Bertz CT molecular complexity index is 586. The molecule has 0 fully saturated rings. The number of benzene rings is 1. The van der Waals surface area contributed by atoms with Crippen LogP contribution >= 0.6 is 12.2 Å². The van der Waals surface area contributed by atoms with Gasteiger partial charge >= 0.3 is 6.01 Å². The van der Waals surface area contributed by atoms with E-state index in [1.54, 1.807) is 0 Å². The zero-order valence-corrected chi connectivity index (χ0v) is 9.75. The van der Waals surface area contributed by atoms with Gasteiger partial charge in [0.1, 0.15) is 28.1 Å². The molecule has 18 heavy (non-hydrogen) atoms. The number of hydrogen-bond donors (Lipinski definition) is 1. The standard InChI is InChI=1S/C11H7F2N3OS/c12-6-3-7(13)5-8(4-6)17-11-15-2-1-9(16-11)10(14)18/h1-5H,(H2,14,18). The molecule has 0 bridgehead atoms. The molecule has 1 heterocycles. The largest absolute Gasteiger partial charge is 0.424 e. The van der Waals surface area contributed by atoms with E-state index >= 15 is 0 Å². The first kappa shape index (κ1) is 12.3. The highest BCUT2D eigenvalue weighted by atomic mass is 32.1. The van der Waals surface area contributed by atoms with Crippen molar-refractivity contribution in [2.75, 3.05) is 0 Å². The summed E-state index contributed by atoms with van der Waals surface area (Å²) in [4.78, 5) is 7.74. The van der Waals surface area contributed by atoms with Crippen LogP contribution in [-0.4, -0.2) is 15.0 Å². The molecule has 1 aromatic carbocycles. The zero-order chi connectivity index (χ0) is 13.1. The van der Waals surface area contributed by atoms with E-state index < -0.39 is 11.6 Å². The molecule has 0 amide bonds. The van der Waals surface area contributed by atoms with Gasteiger partial charge in [0.2, 0.25) is 0 Å². The Morgan fingerprint density at radius 1 is 1.22 bits per heavy atom. The average Bonchev–Trinajstić information content (AvgIpc) is 2.27. The molecule has 0 radical (unpaired) electrons. The normalized spacial score (nSPS) is 10.1. The predicted molar refractivity (Wildman–Crippen MR) is 64.4 cm³/mol. The van der Waals surface area contributed by atoms with Crippen molar-refractivity contribution in [3.8, 4) is 11.8 Å². The summed E-state index contributed by atoms with van der Waals surface area (Å²) in [7, 11) is 0. The van der Waals surface area contributed by atoms with Crippen molar-refractivity contribution >= 4 is 17.2 Å². The van der Waals surface area contributed by atoms with Crippen molar-refractivity contribution in [3.63, 3.8) is 0 Å². The fourth-order valence-electron chi connectivity index (χ4n) is 1.22. The Morgan fingerprint density at radius 3 is 2.50 bits per heavy atom. The molecular formula is C11H7F2N3OS. The van der Waals surface area contributed by atoms with Crippen LogP contribution in [0.4, 0.5) is 8.78 Å². The van der Waals surface area contributed by atoms with Crippen molar-refractivity contribution in [1.82, 2.24) is 9.97 Å². The van der Waals surface area contributed by atoms with E-state index in [1.807, 2.05) is 0 Å². The number of nitrogens with two attached hydrogens (primary N) is 1. The predicted octanol–water partition coefficient (Wildman–Crippen LogP) is 2.18. The highest BCUT2D eigenvalue weighted by molar-refractivity contribution is 7.80. The summed E-state index contributed by atoms with van der Waals surface area (Å²) in [6.45, 7) is 0. The average molecular weight is 267 g/mol. The van der Waals surface area contributed by atoms with Gasteiger partial charge in [0.05, 0.1) is 0 Å². The van der Waals surface area contributed by atoms with Gasteiger partial charge in [-0.25, -0.2) is 13.8 Å². The van der Waals surface area contributed by atoms with Gasteiger partial charge in [-0.1, -0.05) is 12.2 Å². The first-order valence-electron chi connectivity index (χ1n) is 4.81. The smallest absolute Gasteiger partial charge is 0.322 e. The lowest BCUT2D eigenvalue weighted by atomic mass is 10.3. The summed E-state index contributed by atoms with van der Waals surface area (Å²) < 4.78 is 31.0. The van der Waals surface area contributed by atoms with Crippen LogP contribution in [0.1, 0.15) is 5.69 Å². The minimum Gasteiger partial charge on any atom is -0.424 e. The van der Waals surface area contributed by atoms with Crippen LogP contribution in [-0.2, 0) is 0 Å². The van der Waals surface area contributed by atoms with E-state index in [1.165, 1.54) is 12.3 Å². The topological polar surface area (TPSA) is 61.0 Å². The lowest BCUT2D eigenvalue weighted by Gasteiger charge is -2.05. The third-order valence-electron chi connectivity index (χ3n) is 1.93. The van der Waals surface area contributed by atoms with Crippen LogP contribution in [0.25, 0.3) is 0 Å². The molecule has 0 aliphatic carbocycles. The third kappa shape index (κ3) is 2.95. The van der Waals surface area contributed by atoms with E-state index in [0.29, 0.717) is 5.69 Å². The van der Waals surface area contributed by atoms with Crippen molar-refractivity contribution < 1.29 is 13.5 Å². The van der Waals surface area contributed by atoms with Crippen LogP contribution in [0, 0.1) is 11.6 Å². The molecular weight excluding hydrogens is 260 g/mol. The number of ether oxygens (including phenoxy) is 1. The molecule has 0 saturated carbocycles. The third-order valence-corrected chi connectivity index (χ3v) is 2.14. The number of hydrogen-bond acceptors (Lipinski definition) is 4. The lowest BCUT2D eigenvalue weighted by molar-refractivity contribution is 0.432. The van der Waals surface area contributed by atoms with E-state index in [-0.39, 0.29) is 16.7 Å². The van der Waals surface area contributed by atoms with E-state index in [0.717, 1.165) is 18.2 Å². The van der Waals surface area contributed by atoms with E-state index in [9.17, 15) is 8.78 Å². The van der Waals surface area contributed by atoms with Gasteiger partial charge in [0.25, 0.3) is 0 Å². The number of thiocarbonyl (C=S) groups is 1. The number of rotatable bonds is 3. The maximum Gasteiger partial charge on any atom is 0.322 e. The Balaban J connectivity index is 2.28. The number of aromatic nitrogens is 2. The monoisotopic (exact) mass is 267 g/mol. The molecule has 0 atom stereocenters. The van der Waals surface area contributed by atoms with Gasteiger partial charge in [-0.2, -0.15) is 4.98 Å². The van der Waals surface area contributed by atoms with Crippen molar-refractivity contribution in [2.45, 2.75) is 0 Å². The van der Waals surface area contributed by atoms with Crippen molar-refractivity contribution in [3.05, 3.63) is 47.8 Å². The second-order valence-electron chi connectivity index (χ2n) is 3.30. The molecule has 2 rings (SSSR count). The fraction of sp³-hybridized carbons (Fsp3) is 0. The molecule has 92 valence electrons. The molecule has 4 nitrogen and oxygen atoms in total. The van der Waals surface area contributed by atoms with Crippen molar-refractivity contribution in [1.29, 1.82) is 0 Å². The SMILES string of the molecule is NC(=S)c1ccnc(Oc2cc(F)cc(F)c2)n1. The van der Waals surface area contributed by atoms with Crippen molar-refractivity contribution in [2.24, 2.45) is 5.73 Å². The fourth-order valence-corrected chi connectivity index (χ4v) is 1.33. The molecule has 7 heteroatoms. The highest BCUT2D eigenvalue weighted by Crippen LogP contribution is 2.20. The summed E-state index contributed by atoms with van der Waals surface area (Å²) >= 11 is 4.74. The van der Waals surface area contributed by atoms with Gasteiger partial charge in [-0.05, 0) is 6.07 Å². The second kappa shape index (κ2) is 5.01. The maximum absolute atomic E-state index is 12.9. The molecule has 0 unspecified atom stereocenters. The number of halogens is 2. The molecule has 2 aromatic rings. The van der Waals surface area contributed by atoms with Crippen LogP contribution < -0.4 is 10.5 Å². The molecule has 0 aliphatic rings. The summed E-state index contributed by atoms with van der Waals surface area (Å²) in [5, 5.41) is 0. The Labute approximate surface area is 106 Å². The molecule has 0 spiro atoms. The van der Waals surface area contributed by atoms with E-state index in [4.69, 9.17) is 22.7 Å². The minimum absolute atomic E-state index is 0.0485. The van der Waals surface area contributed by atoms with Crippen LogP contribution in [0.5, 0.6) is 11.8 Å². The summed E-state index contributed by atoms with van der Waals surface area (Å²) in [5.41, 5.74) is 5.70. The molecule has 1 aromatic heterocycles. The second-order valence-corrected chi connectivity index (χ2v) is 3.74. The van der Waals surface area contributed by atoms with Gasteiger partial charge in [-0.3, -0.25) is 0 Å². The first-order chi connectivity index (χ1) is 8.54. The van der Waals surface area contributed by atoms with Gasteiger partial charge < -0.3 is 10.5 Å². The first-order valence-corrected chi connectivity index (χ1v) is 5.22. The Kier molecular flexibility index (Phi) is 3.42. The summed E-state index contributed by atoms with van der Waals surface area (Å²) in [5.74, 6) is -1.56. The number of nitrogens with zero attached hydrogens (tertiary/aromatic N) is 2. The molecule has 0 aliphatic heterocycles. The van der Waals surface area contributed by atoms with E-state index in [2.05, 4.69) is 9.97 Å². The Hall–Kier alpha value is -2.15. The molecule has 2 N–H and O–H groups in total. The van der Waals surface area contributed by atoms with Crippen LogP contribution in [0.3, 0.4) is 0 Å². The maximum atomic E-state index is 12.9. The van der Waals surface area contributed by atoms with Gasteiger partial charge in [0, 0.05) is 24.4 Å². The summed E-state index contributed by atoms with van der Waals surface area (Å²) in [6.07, 6.45) is 1.38. The van der Waals surface area contributed by atoms with Crippen LogP contribution in [0.15, 0.2) is 30.5 Å². The summed E-state index contributed by atoms with van der Waals surface area (Å²) in [6, 6.07) is 4.17. The van der Waals surface area contributed by atoms with Gasteiger partial charge in [-0.15, -0.1) is 0 Å². The minimum atomic E-state index is -0.754. The molecule has 0 saturated heterocycles. The zero-order valence-electron chi connectivity index (χ0n) is 8.93. The van der Waals surface area contributed by atoms with Crippen LogP contribution in [0.2, 0.25) is 0 Å². The lowest BCUT2D eigenvalue weighted by Crippen LogP contribution is -2.12. The Morgan fingerprint density at radius 2 is 1.89 bits per heavy atom. The highest BCUT2D eigenvalue weighted by Gasteiger charge is 2.06. The van der Waals surface area contributed by atoms with Gasteiger partial charge in [0.15, 0.2) is 0 Å².